The Labute approximate surface area is 159 Å². The molecule has 2 heterocycles. The molecule has 0 radical (unpaired) electrons. The maximum atomic E-state index is 12.7. The van der Waals surface area contributed by atoms with E-state index in [9.17, 15) is 8.42 Å². The summed E-state index contributed by atoms with van der Waals surface area (Å²) >= 11 is 6.04. The summed E-state index contributed by atoms with van der Waals surface area (Å²) in [5.74, 6) is 3.08. The van der Waals surface area contributed by atoms with Gasteiger partial charge in [0.1, 0.15) is 12.0 Å². The first-order chi connectivity index (χ1) is 12.1. The topological polar surface area (TPSA) is 79.9 Å². The molecule has 2 aromatic rings. The zero-order chi connectivity index (χ0) is 19.5. The number of terminal acetylenes is 1. The second kappa shape index (κ2) is 8.06. The van der Waals surface area contributed by atoms with Crippen LogP contribution in [0.5, 0.6) is 0 Å². The lowest BCUT2D eigenvalue weighted by atomic mass is 10.1. The SMILES string of the molecule is C#Cc1ccc2nc(Cl)c(S(=O)(=O)/N=C\N(CC(C)C)CC(C)C)n2n1. The van der Waals surface area contributed by atoms with Crippen LogP contribution in [0.3, 0.4) is 0 Å². The number of rotatable bonds is 7. The van der Waals surface area contributed by atoms with Gasteiger partial charge in [0.05, 0.1) is 0 Å². The third-order valence-electron chi connectivity index (χ3n) is 3.34. The summed E-state index contributed by atoms with van der Waals surface area (Å²) in [5, 5.41) is 3.59. The van der Waals surface area contributed by atoms with Crippen molar-refractivity contribution < 1.29 is 8.42 Å². The summed E-state index contributed by atoms with van der Waals surface area (Å²) in [6, 6.07) is 3.12. The molecule has 2 aromatic heterocycles. The first-order valence-electron chi connectivity index (χ1n) is 8.20. The van der Waals surface area contributed by atoms with Crippen LogP contribution in [-0.4, -0.2) is 47.3 Å². The standard InChI is InChI=1S/C17H22ClN5O2S/c1-6-14-7-8-15-20-16(18)17(23(15)21-14)26(24,25)19-11-22(9-12(2)3)10-13(4)5/h1,7-8,11-13H,9-10H2,2-5H3/b19-11-. The fourth-order valence-corrected chi connectivity index (χ4v) is 3.89. The van der Waals surface area contributed by atoms with E-state index in [1.807, 2.05) is 4.90 Å². The first-order valence-corrected chi connectivity index (χ1v) is 10.0. The zero-order valence-corrected chi connectivity index (χ0v) is 16.8. The largest absolute Gasteiger partial charge is 0.361 e. The van der Waals surface area contributed by atoms with Gasteiger partial charge in [-0.3, -0.25) is 0 Å². The number of sulfonamides is 1. The molecule has 7 nitrogen and oxygen atoms in total. The summed E-state index contributed by atoms with van der Waals surface area (Å²) in [5.41, 5.74) is 0.553. The zero-order valence-electron chi connectivity index (χ0n) is 15.2. The Balaban J connectivity index is 2.44. The highest BCUT2D eigenvalue weighted by Crippen LogP contribution is 2.23. The first kappa shape index (κ1) is 20.2. The average molecular weight is 396 g/mol. The predicted molar refractivity (Wildman–Crippen MR) is 103 cm³/mol. The Morgan fingerprint density at radius 1 is 1.31 bits per heavy atom. The summed E-state index contributed by atoms with van der Waals surface area (Å²) in [7, 11) is -4.10. The Bertz CT molecular complexity index is 947. The van der Waals surface area contributed by atoms with Gasteiger partial charge in [-0.15, -0.1) is 10.8 Å². The van der Waals surface area contributed by atoms with E-state index in [4.69, 9.17) is 18.0 Å². The fraction of sp³-hybridized carbons (Fsp3) is 0.471. The molecule has 0 aliphatic rings. The predicted octanol–water partition coefficient (Wildman–Crippen LogP) is 2.70. The summed E-state index contributed by atoms with van der Waals surface area (Å²) in [6.07, 6.45) is 6.68. The van der Waals surface area contributed by atoms with Crippen molar-refractivity contribution >= 4 is 33.6 Å². The number of halogens is 1. The highest BCUT2D eigenvalue weighted by molar-refractivity contribution is 7.90. The van der Waals surface area contributed by atoms with Gasteiger partial charge in [-0.05, 0) is 29.9 Å². The van der Waals surface area contributed by atoms with E-state index in [1.54, 1.807) is 12.1 Å². The number of fused-ring (bicyclic) bond motifs is 1. The van der Waals surface area contributed by atoms with Crippen molar-refractivity contribution in [3.05, 3.63) is 23.0 Å². The van der Waals surface area contributed by atoms with Crippen molar-refractivity contribution in [2.75, 3.05) is 13.1 Å². The molecule has 2 rings (SSSR count). The van der Waals surface area contributed by atoms with E-state index in [0.29, 0.717) is 24.9 Å². The van der Waals surface area contributed by atoms with Crippen LogP contribution >= 0.6 is 11.6 Å². The number of hydrogen-bond donors (Lipinski definition) is 0. The molecule has 0 bridgehead atoms. The Kier molecular flexibility index (Phi) is 6.26. The molecule has 0 amide bonds. The van der Waals surface area contributed by atoms with Gasteiger partial charge < -0.3 is 4.90 Å². The minimum atomic E-state index is -4.10. The molecule has 0 aliphatic heterocycles. The molecule has 0 aromatic carbocycles. The third-order valence-corrected chi connectivity index (χ3v) is 4.94. The van der Waals surface area contributed by atoms with Crippen molar-refractivity contribution in [2.45, 2.75) is 32.7 Å². The van der Waals surface area contributed by atoms with Crippen LogP contribution in [0, 0.1) is 24.2 Å². The Hall–Kier alpha value is -2.11. The van der Waals surface area contributed by atoms with Gasteiger partial charge in [-0.1, -0.05) is 39.3 Å². The van der Waals surface area contributed by atoms with E-state index in [-0.39, 0.29) is 21.5 Å². The molecule has 0 atom stereocenters. The fourth-order valence-electron chi connectivity index (χ4n) is 2.46. The Morgan fingerprint density at radius 3 is 2.46 bits per heavy atom. The lowest BCUT2D eigenvalue weighted by Crippen LogP contribution is -2.30. The van der Waals surface area contributed by atoms with Crippen LogP contribution in [0.2, 0.25) is 5.15 Å². The van der Waals surface area contributed by atoms with Gasteiger partial charge in [-0.25, -0.2) is 4.98 Å². The van der Waals surface area contributed by atoms with Gasteiger partial charge in [0, 0.05) is 13.1 Å². The number of hydrogen-bond acceptors (Lipinski definition) is 4. The molecule has 9 heteroatoms. The molecule has 0 aliphatic carbocycles. The van der Waals surface area contributed by atoms with E-state index >= 15 is 0 Å². The molecule has 0 unspecified atom stereocenters. The lowest BCUT2D eigenvalue weighted by molar-refractivity contribution is 0.336. The lowest BCUT2D eigenvalue weighted by Gasteiger charge is -2.23. The van der Waals surface area contributed by atoms with Crippen LogP contribution in [0.1, 0.15) is 33.4 Å². The molecule has 0 saturated heterocycles. The number of aromatic nitrogens is 3. The van der Waals surface area contributed by atoms with Crippen molar-refractivity contribution in [3.63, 3.8) is 0 Å². The molecule has 26 heavy (non-hydrogen) atoms. The maximum absolute atomic E-state index is 12.7. The Morgan fingerprint density at radius 2 is 1.92 bits per heavy atom. The number of imidazole rings is 1. The molecule has 0 spiro atoms. The summed E-state index contributed by atoms with van der Waals surface area (Å²) < 4.78 is 30.4. The van der Waals surface area contributed by atoms with Crippen molar-refractivity contribution in [1.29, 1.82) is 0 Å². The van der Waals surface area contributed by atoms with Crippen molar-refractivity contribution in [2.24, 2.45) is 16.2 Å². The second-order valence-electron chi connectivity index (χ2n) is 6.78. The van der Waals surface area contributed by atoms with Gasteiger partial charge in [0.2, 0.25) is 5.03 Å². The third kappa shape index (κ3) is 4.74. The van der Waals surface area contributed by atoms with Crippen LogP contribution in [0.15, 0.2) is 21.6 Å². The van der Waals surface area contributed by atoms with Crippen LogP contribution in [0.25, 0.3) is 5.65 Å². The minimum absolute atomic E-state index is 0.192. The quantitative estimate of drug-likeness (QED) is 0.409. The van der Waals surface area contributed by atoms with Crippen LogP contribution < -0.4 is 0 Å². The number of nitrogens with zero attached hydrogens (tertiary/aromatic N) is 5. The van der Waals surface area contributed by atoms with Gasteiger partial charge in [0.25, 0.3) is 0 Å². The highest BCUT2D eigenvalue weighted by Gasteiger charge is 2.25. The summed E-state index contributed by atoms with van der Waals surface area (Å²) in [4.78, 5) is 5.89. The van der Waals surface area contributed by atoms with Gasteiger partial charge in [-0.2, -0.15) is 18.0 Å². The maximum Gasteiger partial charge on any atom is 0.304 e. The molecule has 0 N–H and O–H groups in total. The van der Waals surface area contributed by atoms with E-state index < -0.39 is 10.0 Å². The average Bonchev–Trinajstić information content (AvgIpc) is 2.87. The molecule has 0 saturated carbocycles. The van der Waals surface area contributed by atoms with Crippen molar-refractivity contribution in [3.8, 4) is 12.3 Å². The normalized spacial score (nSPS) is 12.4. The second-order valence-corrected chi connectivity index (χ2v) is 8.68. The summed E-state index contributed by atoms with van der Waals surface area (Å²) in [6.45, 7) is 9.62. The molecule has 0 fully saturated rings. The van der Waals surface area contributed by atoms with Crippen LogP contribution in [0.4, 0.5) is 0 Å². The van der Waals surface area contributed by atoms with Crippen LogP contribution in [-0.2, 0) is 10.0 Å². The van der Waals surface area contributed by atoms with Gasteiger partial charge >= 0.3 is 10.0 Å². The minimum Gasteiger partial charge on any atom is -0.361 e. The van der Waals surface area contributed by atoms with E-state index in [1.165, 1.54) is 6.34 Å². The molecular weight excluding hydrogens is 374 g/mol. The highest BCUT2D eigenvalue weighted by atomic mass is 35.5. The van der Waals surface area contributed by atoms with E-state index in [2.05, 4.69) is 48.1 Å². The van der Waals surface area contributed by atoms with Crippen molar-refractivity contribution in [1.82, 2.24) is 19.5 Å². The molecular formula is C17H22ClN5O2S. The monoisotopic (exact) mass is 395 g/mol. The van der Waals surface area contributed by atoms with Gasteiger partial charge in [0.15, 0.2) is 10.8 Å². The smallest absolute Gasteiger partial charge is 0.304 e. The van der Waals surface area contributed by atoms with E-state index in [0.717, 1.165) is 4.52 Å². The molecule has 140 valence electrons.